The van der Waals surface area contributed by atoms with Crippen LogP contribution in [0.15, 0.2) is 48.2 Å². The van der Waals surface area contributed by atoms with Crippen LogP contribution in [0, 0.1) is 0 Å². The number of benzene rings is 1. The second kappa shape index (κ2) is 9.54. The Morgan fingerprint density at radius 3 is 2.75 bits per heavy atom. The molecule has 7 nitrogen and oxygen atoms in total. The summed E-state index contributed by atoms with van der Waals surface area (Å²) >= 11 is 0. The first kappa shape index (κ1) is 20.1. The van der Waals surface area contributed by atoms with Gasteiger partial charge in [0.25, 0.3) is 0 Å². The first-order valence-corrected chi connectivity index (χ1v) is 9.58. The highest BCUT2D eigenvalue weighted by atomic mass is 16.5. The van der Waals surface area contributed by atoms with E-state index in [9.17, 15) is 0 Å². The number of anilines is 2. The van der Waals surface area contributed by atoms with Gasteiger partial charge in [0, 0.05) is 36.6 Å². The molecule has 2 heterocycles. The molecule has 7 heteroatoms. The van der Waals surface area contributed by atoms with Crippen LogP contribution in [-0.2, 0) is 11.3 Å². The Hall–Kier alpha value is -2.61. The molecule has 0 aliphatic carbocycles. The van der Waals surface area contributed by atoms with Gasteiger partial charge in [0.15, 0.2) is 0 Å². The van der Waals surface area contributed by atoms with E-state index in [2.05, 4.69) is 27.7 Å². The summed E-state index contributed by atoms with van der Waals surface area (Å²) in [5, 5.41) is 6.61. The molecule has 0 radical (unpaired) electrons. The van der Waals surface area contributed by atoms with Gasteiger partial charge in [-0.3, -0.25) is 10.2 Å². The molecule has 1 saturated heterocycles. The van der Waals surface area contributed by atoms with Crippen molar-refractivity contribution >= 4 is 11.5 Å². The molecule has 0 amide bonds. The maximum Gasteiger partial charge on any atom is 0.128 e. The number of hydrogen-bond acceptors (Lipinski definition) is 7. The number of likely N-dealkylation sites (N-methyl/N-ethyl adjacent to an activating group) is 1. The smallest absolute Gasteiger partial charge is 0.128 e. The topological polar surface area (TPSA) is 101 Å². The molecule has 2 aromatic rings. The Morgan fingerprint density at radius 2 is 2.07 bits per heavy atom. The summed E-state index contributed by atoms with van der Waals surface area (Å²) in [6.07, 6.45) is 1.82. The Kier molecular flexibility index (Phi) is 6.86. The first-order valence-electron chi connectivity index (χ1n) is 9.58. The van der Waals surface area contributed by atoms with Crippen LogP contribution >= 0.6 is 0 Å². The van der Waals surface area contributed by atoms with Crippen molar-refractivity contribution in [3.63, 3.8) is 0 Å². The van der Waals surface area contributed by atoms with Gasteiger partial charge in [-0.25, -0.2) is 4.98 Å². The molecular formula is C21H30N6O. The molecule has 0 spiro atoms. The minimum absolute atomic E-state index is 0.107. The largest absolute Gasteiger partial charge is 0.402 e. The van der Waals surface area contributed by atoms with Gasteiger partial charge in [-0.2, -0.15) is 0 Å². The van der Waals surface area contributed by atoms with Crippen molar-refractivity contribution < 1.29 is 4.74 Å². The minimum Gasteiger partial charge on any atom is -0.402 e. The van der Waals surface area contributed by atoms with Crippen molar-refractivity contribution in [2.45, 2.75) is 19.6 Å². The van der Waals surface area contributed by atoms with E-state index in [0.29, 0.717) is 0 Å². The molecule has 1 aliphatic heterocycles. The number of rotatable bonds is 7. The monoisotopic (exact) mass is 382 g/mol. The fourth-order valence-corrected chi connectivity index (χ4v) is 3.24. The molecule has 1 aliphatic rings. The highest BCUT2D eigenvalue weighted by molar-refractivity contribution is 5.66. The van der Waals surface area contributed by atoms with Crippen LogP contribution in [0.1, 0.15) is 12.5 Å². The molecule has 1 fully saturated rings. The predicted octanol–water partition coefficient (Wildman–Crippen LogP) is 1.98. The second-order valence-electron chi connectivity index (χ2n) is 7.08. The van der Waals surface area contributed by atoms with Crippen LogP contribution in [0.2, 0.25) is 0 Å². The number of pyridine rings is 1. The number of nitrogens with one attached hydrogen (secondary N) is 2. The number of allylic oxidation sites excluding steroid dienone is 1. The van der Waals surface area contributed by atoms with Gasteiger partial charge < -0.3 is 21.5 Å². The molecule has 1 aromatic carbocycles. The SMILES string of the molecule is CNC(/C=C(/C)N)Nc1cc(CN2CCOCC2)cc(-c2cccc(N)c2)n1. The van der Waals surface area contributed by atoms with Gasteiger partial charge in [-0.15, -0.1) is 0 Å². The summed E-state index contributed by atoms with van der Waals surface area (Å²) in [6, 6.07) is 12.0. The summed E-state index contributed by atoms with van der Waals surface area (Å²) in [7, 11) is 1.88. The van der Waals surface area contributed by atoms with Crippen molar-refractivity contribution in [3.05, 3.63) is 53.7 Å². The third kappa shape index (κ3) is 5.69. The fourth-order valence-electron chi connectivity index (χ4n) is 3.24. The van der Waals surface area contributed by atoms with E-state index < -0.39 is 0 Å². The van der Waals surface area contributed by atoms with E-state index in [-0.39, 0.29) is 6.17 Å². The van der Waals surface area contributed by atoms with Gasteiger partial charge in [0.1, 0.15) is 5.82 Å². The molecule has 0 bridgehead atoms. The van der Waals surface area contributed by atoms with Gasteiger partial charge in [-0.1, -0.05) is 12.1 Å². The van der Waals surface area contributed by atoms with E-state index in [1.807, 2.05) is 44.3 Å². The molecule has 6 N–H and O–H groups in total. The zero-order chi connectivity index (χ0) is 19.9. The summed E-state index contributed by atoms with van der Waals surface area (Å²) in [5.74, 6) is 0.792. The molecule has 1 aromatic heterocycles. The van der Waals surface area contributed by atoms with Crippen molar-refractivity contribution in [1.82, 2.24) is 15.2 Å². The first-order chi connectivity index (χ1) is 13.5. The van der Waals surface area contributed by atoms with Gasteiger partial charge in [0.2, 0.25) is 0 Å². The Morgan fingerprint density at radius 1 is 1.29 bits per heavy atom. The number of hydrogen-bond donors (Lipinski definition) is 4. The van der Waals surface area contributed by atoms with Crippen molar-refractivity contribution in [2.24, 2.45) is 5.73 Å². The number of ether oxygens (including phenoxy) is 1. The van der Waals surface area contributed by atoms with Crippen LogP contribution in [0.5, 0.6) is 0 Å². The lowest BCUT2D eigenvalue weighted by Gasteiger charge is -2.27. The number of nitrogen functional groups attached to an aromatic ring is 1. The van der Waals surface area contributed by atoms with Crippen LogP contribution in [-0.4, -0.2) is 49.4 Å². The molecular weight excluding hydrogens is 352 g/mol. The zero-order valence-corrected chi connectivity index (χ0v) is 16.6. The predicted molar refractivity (Wildman–Crippen MR) is 115 cm³/mol. The average Bonchev–Trinajstić information content (AvgIpc) is 2.68. The maximum absolute atomic E-state index is 5.98. The summed E-state index contributed by atoms with van der Waals surface area (Å²) in [4.78, 5) is 7.21. The molecule has 1 unspecified atom stereocenters. The third-order valence-corrected chi connectivity index (χ3v) is 4.62. The van der Waals surface area contributed by atoms with Gasteiger partial charge in [-0.05, 0) is 49.9 Å². The highest BCUT2D eigenvalue weighted by Gasteiger charge is 2.14. The molecule has 3 rings (SSSR count). The van der Waals surface area contributed by atoms with Crippen LogP contribution in [0.25, 0.3) is 11.3 Å². The normalized spacial score (nSPS) is 16.7. The second-order valence-corrected chi connectivity index (χ2v) is 7.08. The van der Waals surface area contributed by atoms with E-state index in [1.165, 1.54) is 5.56 Å². The van der Waals surface area contributed by atoms with Crippen LogP contribution in [0.4, 0.5) is 11.5 Å². The van der Waals surface area contributed by atoms with E-state index >= 15 is 0 Å². The molecule has 1 atom stereocenters. The lowest BCUT2D eigenvalue weighted by Crippen LogP contribution is -2.35. The van der Waals surface area contributed by atoms with Crippen molar-refractivity contribution in [3.8, 4) is 11.3 Å². The molecule has 150 valence electrons. The Balaban J connectivity index is 1.91. The van der Waals surface area contributed by atoms with Crippen molar-refractivity contribution in [2.75, 3.05) is 44.4 Å². The number of morpholine rings is 1. The number of nitrogens with two attached hydrogens (primary N) is 2. The summed E-state index contributed by atoms with van der Waals surface area (Å²) in [6.45, 7) is 6.15. The van der Waals surface area contributed by atoms with Crippen LogP contribution in [0.3, 0.4) is 0 Å². The average molecular weight is 383 g/mol. The lowest BCUT2D eigenvalue weighted by molar-refractivity contribution is 0.0342. The third-order valence-electron chi connectivity index (χ3n) is 4.62. The molecule has 0 saturated carbocycles. The maximum atomic E-state index is 5.98. The van der Waals surface area contributed by atoms with Crippen LogP contribution < -0.4 is 22.1 Å². The van der Waals surface area contributed by atoms with E-state index in [0.717, 1.165) is 61.3 Å². The Bertz CT molecular complexity index is 812. The number of aromatic nitrogens is 1. The lowest BCUT2D eigenvalue weighted by atomic mass is 10.1. The van der Waals surface area contributed by atoms with Crippen molar-refractivity contribution in [1.29, 1.82) is 0 Å². The standard InChI is InChI=1S/C21H30N6O/c1-15(22)10-20(24-2)26-21-12-16(14-27-6-8-28-9-7-27)11-19(25-21)17-4-3-5-18(23)13-17/h3-5,10-13,20,24H,6-9,14,22-23H2,1-2H3,(H,25,26)/b15-10-. The number of nitrogens with zero attached hydrogens (tertiary/aromatic N) is 2. The van der Waals surface area contributed by atoms with Gasteiger partial charge >= 0.3 is 0 Å². The zero-order valence-electron chi connectivity index (χ0n) is 16.6. The quantitative estimate of drug-likeness (QED) is 0.429. The summed E-state index contributed by atoms with van der Waals surface area (Å²) < 4.78 is 5.46. The Labute approximate surface area is 166 Å². The minimum atomic E-state index is -0.107. The molecule has 28 heavy (non-hydrogen) atoms. The van der Waals surface area contributed by atoms with E-state index in [4.69, 9.17) is 21.2 Å². The highest BCUT2D eigenvalue weighted by Crippen LogP contribution is 2.24. The summed E-state index contributed by atoms with van der Waals surface area (Å²) in [5.41, 5.74) is 16.4. The van der Waals surface area contributed by atoms with Gasteiger partial charge in [0.05, 0.1) is 25.1 Å². The fraction of sp³-hybridized carbons (Fsp3) is 0.381. The van der Waals surface area contributed by atoms with E-state index in [1.54, 1.807) is 0 Å².